The SMILES string of the molecule is CSc1nsnc1O[C@H]1CN2CCC1CC2. The van der Waals surface area contributed by atoms with Gasteiger partial charge >= 0.3 is 0 Å². The number of thioether (sulfide) groups is 1. The standard InChI is InChI=1S/C10H15N3OS2/c1-15-10-9(11-16-12-10)14-8-6-13-4-2-7(8)3-5-13/h7-8H,2-6H2,1H3/t8-/m0/s1. The van der Waals surface area contributed by atoms with Gasteiger partial charge in [0.25, 0.3) is 5.88 Å². The summed E-state index contributed by atoms with van der Waals surface area (Å²) < 4.78 is 14.5. The zero-order valence-corrected chi connectivity index (χ0v) is 10.9. The number of rotatable bonds is 3. The van der Waals surface area contributed by atoms with Crippen molar-refractivity contribution in [3.05, 3.63) is 0 Å². The maximum atomic E-state index is 6.03. The lowest BCUT2D eigenvalue weighted by molar-refractivity contribution is -0.0110. The van der Waals surface area contributed by atoms with E-state index < -0.39 is 0 Å². The quantitative estimate of drug-likeness (QED) is 0.771. The van der Waals surface area contributed by atoms with Crippen LogP contribution >= 0.6 is 23.5 Å². The van der Waals surface area contributed by atoms with Gasteiger partial charge in [-0.2, -0.15) is 4.37 Å². The summed E-state index contributed by atoms with van der Waals surface area (Å²) in [5, 5.41) is 0.932. The Morgan fingerprint density at radius 1 is 1.38 bits per heavy atom. The van der Waals surface area contributed by atoms with E-state index in [1.54, 1.807) is 11.8 Å². The monoisotopic (exact) mass is 257 g/mol. The Balaban J connectivity index is 1.71. The predicted molar refractivity (Wildman–Crippen MR) is 65.3 cm³/mol. The molecule has 0 radical (unpaired) electrons. The molecule has 4 rings (SSSR count). The van der Waals surface area contributed by atoms with Crippen molar-refractivity contribution in [3.63, 3.8) is 0 Å². The number of nitrogens with zero attached hydrogens (tertiary/aromatic N) is 3. The lowest BCUT2D eigenvalue weighted by Gasteiger charge is -2.43. The summed E-state index contributed by atoms with van der Waals surface area (Å²) in [5.41, 5.74) is 0. The number of hydrogen-bond donors (Lipinski definition) is 0. The topological polar surface area (TPSA) is 38.3 Å². The minimum atomic E-state index is 0.331. The largest absolute Gasteiger partial charge is 0.470 e. The van der Waals surface area contributed by atoms with Gasteiger partial charge in [0.2, 0.25) is 0 Å². The maximum absolute atomic E-state index is 6.03. The van der Waals surface area contributed by atoms with E-state index in [0.29, 0.717) is 6.10 Å². The third-order valence-corrected chi connectivity index (χ3v) is 4.76. The highest BCUT2D eigenvalue weighted by atomic mass is 32.2. The van der Waals surface area contributed by atoms with E-state index in [-0.39, 0.29) is 0 Å². The smallest absolute Gasteiger partial charge is 0.260 e. The van der Waals surface area contributed by atoms with Crippen molar-refractivity contribution >= 4 is 23.5 Å². The molecule has 0 amide bonds. The van der Waals surface area contributed by atoms with Crippen LogP contribution in [0.15, 0.2) is 5.03 Å². The van der Waals surface area contributed by atoms with Crippen LogP contribution < -0.4 is 4.74 Å². The molecule has 0 saturated carbocycles. The van der Waals surface area contributed by atoms with Crippen LogP contribution in [-0.4, -0.2) is 45.6 Å². The fraction of sp³-hybridized carbons (Fsp3) is 0.800. The maximum Gasteiger partial charge on any atom is 0.260 e. The average Bonchev–Trinajstić information content (AvgIpc) is 2.78. The van der Waals surface area contributed by atoms with E-state index in [2.05, 4.69) is 13.6 Å². The summed E-state index contributed by atoms with van der Waals surface area (Å²) in [6.45, 7) is 3.56. The lowest BCUT2D eigenvalue weighted by Crippen LogP contribution is -2.52. The Morgan fingerprint density at radius 2 is 2.19 bits per heavy atom. The normalized spacial score (nSPS) is 32.9. The molecule has 6 heteroatoms. The van der Waals surface area contributed by atoms with Crippen molar-refractivity contribution < 1.29 is 4.74 Å². The number of hydrogen-bond acceptors (Lipinski definition) is 6. The number of ether oxygens (including phenoxy) is 1. The molecule has 16 heavy (non-hydrogen) atoms. The van der Waals surface area contributed by atoms with Gasteiger partial charge in [-0.05, 0) is 38.1 Å². The molecule has 2 bridgehead atoms. The van der Waals surface area contributed by atoms with Crippen LogP contribution in [0.3, 0.4) is 0 Å². The van der Waals surface area contributed by atoms with Crippen molar-refractivity contribution in [1.82, 2.24) is 13.6 Å². The van der Waals surface area contributed by atoms with Gasteiger partial charge in [-0.15, -0.1) is 16.1 Å². The number of piperidine rings is 3. The summed E-state index contributed by atoms with van der Waals surface area (Å²) >= 11 is 2.85. The van der Waals surface area contributed by atoms with Crippen molar-refractivity contribution in [2.24, 2.45) is 5.92 Å². The van der Waals surface area contributed by atoms with Crippen molar-refractivity contribution in [3.8, 4) is 5.88 Å². The predicted octanol–water partition coefficient (Wildman–Crippen LogP) is 1.73. The molecule has 0 aromatic carbocycles. The molecular formula is C10H15N3OS2. The van der Waals surface area contributed by atoms with Gasteiger partial charge in [0, 0.05) is 6.54 Å². The highest BCUT2D eigenvalue weighted by molar-refractivity contribution is 7.98. The van der Waals surface area contributed by atoms with Gasteiger partial charge in [-0.3, -0.25) is 4.90 Å². The van der Waals surface area contributed by atoms with Crippen LogP contribution in [-0.2, 0) is 0 Å². The Hall–Kier alpha value is -0.330. The molecular weight excluding hydrogens is 242 g/mol. The minimum absolute atomic E-state index is 0.331. The summed E-state index contributed by atoms with van der Waals surface area (Å²) in [5.74, 6) is 1.47. The molecule has 4 heterocycles. The van der Waals surface area contributed by atoms with E-state index in [0.717, 1.165) is 23.4 Å². The van der Waals surface area contributed by atoms with Crippen LogP contribution in [0.5, 0.6) is 5.88 Å². The van der Waals surface area contributed by atoms with E-state index in [1.807, 2.05) is 6.26 Å². The van der Waals surface area contributed by atoms with E-state index >= 15 is 0 Å². The molecule has 0 aliphatic carbocycles. The fourth-order valence-electron chi connectivity index (χ4n) is 2.56. The van der Waals surface area contributed by atoms with Gasteiger partial charge in [0.1, 0.15) is 6.10 Å². The zero-order valence-electron chi connectivity index (χ0n) is 9.26. The molecule has 1 aromatic heterocycles. The first-order valence-electron chi connectivity index (χ1n) is 5.62. The number of fused-ring (bicyclic) bond motifs is 3. The molecule has 1 atom stereocenters. The molecule has 88 valence electrons. The second kappa shape index (κ2) is 4.50. The lowest BCUT2D eigenvalue weighted by atomic mass is 9.86. The number of aromatic nitrogens is 2. The molecule has 3 aliphatic heterocycles. The summed E-state index contributed by atoms with van der Waals surface area (Å²) in [7, 11) is 0. The van der Waals surface area contributed by atoms with Crippen LogP contribution in [0, 0.1) is 5.92 Å². The molecule has 0 N–H and O–H groups in total. The van der Waals surface area contributed by atoms with Crippen LogP contribution in [0.2, 0.25) is 0 Å². The first-order valence-corrected chi connectivity index (χ1v) is 7.58. The molecule has 0 unspecified atom stereocenters. The molecule has 3 saturated heterocycles. The summed E-state index contributed by atoms with van der Waals surface area (Å²) in [6.07, 6.45) is 4.89. The van der Waals surface area contributed by atoms with Gasteiger partial charge in [-0.1, -0.05) is 0 Å². The summed E-state index contributed by atoms with van der Waals surface area (Å²) in [4.78, 5) is 2.49. The van der Waals surface area contributed by atoms with Crippen LogP contribution in [0.25, 0.3) is 0 Å². The third kappa shape index (κ3) is 1.94. The molecule has 1 aromatic rings. The van der Waals surface area contributed by atoms with Crippen molar-refractivity contribution in [2.45, 2.75) is 24.0 Å². The molecule has 3 aliphatic rings. The molecule has 3 fully saturated rings. The van der Waals surface area contributed by atoms with Gasteiger partial charge in [0.05, 0.1) is 11.7 Å². The Morgan fingerprint density at radius 3 is 2.81 bits per heavy atom. The Kier molecular flexibility index (Phi) is 3.04. The Labute approximate surface area is 104 Å². The second-order valence-corrected chi connectivity index (χ2v) is 5.70. The summed E-state index contributed by atoms with van der Waals surface area (Å²) in [6, 6.07) is 0. The molecule has 4 nitrogen and oxygen atoms in total. The fourth-order valence-corrected chi connectivity index (χ4v) is 3.68. The zero-order chi connectivity index (χ0) is 11.0. The first kappa shape index (κ1) is 10.8. The van der Waals surface area contributed by atoms with Gasteiger partial charge in [0.15, 0.2) is 5.03 Å². The highest BCUT2D eigenvalue weighted by Gasteiger charge is 2.36. The van der Waals surface area contributed by atoms with Crippen LogP contribution in [0.4, 0.5) is 0 Å². The third-order valence-electron chi connectivity index (χ3n) is 3.48. The second-order valence-electron chi connectivity index (χ2n) is 4.37. The van der Waals surface area contributed by atoms with Gasteiger partial charge in [-0.25, -0.2) is 0 Å². The van der Waals surface area contributed by atoms with Crippen molar-refractivity contribution in [1.29, 1.82) is 0 Å². The van der Waals surface area contributed by atoms with Crippen molar-refractivity contribution in [2.75, 3.05) is 25.9 Å². The average molecular weight is 257 g/mol. The van der Waals surface area contributed by atoms with Gasteiger partial charge < -0.3 is 4.74 Å². The Bertz CT molecular complexity index is 363. The van der Waals surface area contributed by atoms with Crippen LogP contribution in [0.1, 0.15) is 12.8 Å². The molecule has 0 spiro atoms. The van der Waals surface area contributed by atoms with E-state index in [4.69, 9.17) is 4.74 Å². The van der Waals surface area contributed by atoms with E-state index in [9.17, 15) is 0 Å². The highest BCUT2D eigenvalue weighted by Crippen LogP contribution is 2.33. The minimum Gasteiger partial charge on any atom is -0.470 e. The first-order chi connectivity index (χ1) is 7.86. The van der Waals surface area contributed by atoms with E-state index in [1.165, 1.54) is 37.7 Å².